The third-order valence-corrected chi connectivity index (χ3v) is 7.72. The average Bonchev–Trinajstić information content (AvgIpc) is 3.27. The summed E-state index contributed by atoms with van der Waals surface area (Å²) in [7, 11) is 4.12. The SMILES string of the molecule is CCCN1C[C@@H](NC(=O)N(CCc2ccccc2)CCN(C)C)C[C@@H]2CC3(CC[C@H]21)OCCO3. The van der Waals surface area contributed by atoms with Gasteiger partial charge in [0, 0.05) is 51.1 Å². The fourth-order valence-corrected chi connectivity index (χ4v) is 6.04. The Kier molecular flexibility index (Phi) is 8.86. The van der Waals surface area contributed by atoms with E-state index >= 15 is 0 Å². The molecule has 1 aromatic rings. The van der Waals surface area contributed by atoms with E-state index in [2.05, 4.69) is 60.4 Å². The predicted molar refractivity (Wildman–Crippen MR) is 135 cm³/mol. The summed E-state index contributed by atoms with van der Waals surface area (Å²) in [5, 5.41) is 3.42. The van der Waals surface area contributed by atoms with Gasteiger partial charge in [-0.3, -0.25) is 4.90 Å². The number of urea groups is 1. The molecule has 3 atom stereocenters. The molecule has 34 heavy (non-hydrogen) atoms. The topological polar surface area (TPSA) is 57.3 Å². The molecule has 3 aliphatic rings. The lowest BCUT2D eigenvalue weighted by atomic mass is 9.74. The van der Waals surface area contributed by atoms with Gasteiger partial charge in [-0.25, -0.2) is 4.79 Å². The molecule has 7 nitrogen and oxygen atoms in total. The Morgan fingerprint density at radius 3 is 2.62 bits per heavy atom. The van der Waals surface area contributed by atoms with E-state index in [1.807, 2.05) is 11.0 Å². The van der Waals surface area contributed by atoms with E-state index in [4.69, 9.17) is 9.47 Å². The molecule has 2 heterocycles. The minimum Gasteiger partial charge on any atom is -0.348 e. The molecule has 0 bridgehead atoms. The summed E-state index contributed by atoms with van der Waals surface area (Å²) in [4.78, 5) is 20.2. The van der Waals surface area contributed by atoms with Gasteiger partial charge >= 0.3 is 6.03 Å². The molecule has 190 valence electrons. The second-order valence-electron chi connectivity index (χ2n) is 10.6. The number of carbonyl (C=O) groups excluding carboxylic acids is 1. The Balaban J connectivity index is 1.39. The highest BCUT2D eigenvalue weighted by Crippen LogP contribution is 2.44. The van der Waals surface area contributed by atoms with Crippen molar-refractivity contribution in [3.8, 4) is 0 Å². The minimum atomic E-state index is -0.377. The molecule has 0 aromatic heterocycles. The van der Waals surface area contributed by atoms with Crippen LogP contribution in [-0.4, -0.2) is 98.6 Å². The lowest BCUT2D eigenvalue weighted by Gasteiger charge is -2.51. The van der Waals surface area contributed by atoms with Crippen LogP contribution >= 0.6 is 0 Å². The Hall–Kier alpha value is -1.67. The molecular weight excluding hydrogens is 428 g/mol. The van der Waals surface area contributed by atoms with Crippen molar-refractivity contribution in [3.63, 3.8) is 0 Å². The van der Waals surface area contributed by atoms with Gasteiger partial charge in [-0.15, -0.1) is 0 Å². The smallest absolute Gasteiger partial charge is 0.317 e. The van der Waals surface area contributed by atoms with Crippen molar-refractivity contribution in [1.82, 2.24) is 20.0 Å². The zero-order valence-corrected chi connectivity index (χ0v) is 21.4. The summed E-state index contributed by atoms with van der Waals surface area (Å²) < 4.78 is 12.1. The summed E-state index contributed by atoms with van der Waals surface area (Å²) in [5.41, 5.74) is 1.27. The molecule has 2 saturated heterocycles. The molecular formula is C27H44N4O3. The molecule has 0 radical (unpaired) electrons. The summed E-state index contributed by atoms with van der Waals surface area (Å²) >= 11 is 0. The molecule has 1 aromatic carbocycles. The number of amides is 2. The van der Waals surface area contributed by atoms with Crippen molar-refractivity contribution < 1.29 is 14.3 Å². The molecule has 2 aliphatic heterocycles. The van der Waals surface area contributed by atoms with Crippen LogP contribution in [0.3, 0.4) is 0 Å². The number of fused-ring (bicyclic) bond motifs is 1. The van der Waals surface area contributed by atoms with E-state index in [1.165, 1.54) is 5.56 Å². The average molecular weight is 473 g/mol. The zero-order valence-electron chi connectivity index (χ0n) is 21.4. The van der Waals surface area contributed by atoms with Gasteiger partial charge in [0.1, 0.15) is 0 Å². The second-order valence-corrected chi connectivity index (χ2v) is 10.6. The quantitative estimate of drug-likeness (QED) is 0.598. The first-order valence-electron chi connectivity index (χ1n) is 13.2. The number of nitrogens with zero attached hydrogens (tertiary/aromatic N) is 3. The monoisotopic (exact) mass is 472 g/mol. The number of likely N-dealkylation sites (tertiary alicyclic amines) is 1. The first-order chi connectivity index (χ1) is 16.5. The van der Waals surface area contributed by atoms with Gasteiger partial charge < -0.3 is 24.6 Å². The van der Waals surface area contributed by atoms with E-state index in [0.717, 1.165) is 71.2 Å². The summed E-state index contributed by atoms with van der Waals surface area (Å²) in [6.07, 6.45) is 6.07. The highest BCUT2D eigenvalue weighted by molar-refractivity contribution is 5.74. The van der Waals surface area contributed by atoms with Crippen molar-refractivity contribution in [2.45, 2.75) is 63.3 Å². The van der Waals surface area contributed by atoms with Crippen LogP contribution in [-0.2, 0) is 15.9 Å². The largest absolute Gasteiger partial charge is 0.348 e. The third kappa shape index (κ3) is 6.51. The van der Waals surface area contributed by atoms with Gasteiger partial charge in [0.15, 0.2) is 5.79 Å². The summed E-state index contributed by atoms with van der Waals surface area (Å²) in [5.74, 6) is 0.121. The fraction of sp³-hybridized carbons (Fsp3) is 0.741. The first kappa shape index (κ1) is 25.4. The van der Waals surface area contributed by atoms with Gasteiger partial charge in [0.05, 0.1) is 13.2 Å². The van der Waals surface area contributed by atoms with Crippen molar-refractivity contribution in [2.75, 3.05) is 60.0 Å². The number of carbonyl (C=O) groups is 1. The van der Waals surface area contributed by atoms with Crippen LogP contribution in [0.1, 0.15) is 44.6 Å². The van der Waals surface area contributed by atoms with E-state index < -0.39 is 0 Å². The molecule has 7 heteroatoms. The van der Waals surface area contributed by atoms with Gasteiger partial charge in [-0.1, -0.05) is 37.3 Å². The number of hydrogen-bond donors (Lipinski definition) is 1. The van der Waals surface area contributed by atoms with Crippen LogP contribution in [0.25, 0.3) is 0 Å². The fourth-order valence-electron chi connectivity index (χ4n) is 6.04. The lowest BCUT2D eigenvalue weighted by Crippen LogP contribution is -2.60. The number of likely N-dealkylation sites (N-methyl/N-ethyl adjacent to an activating group) is 1. The number of rotatable bonds is 9. The maximum Gasteiger partial charge on any atom is 0.317 e. The van der Waals surface area contributed by atoms with E-state index in [0.29, 0.717) is 25.2 Å². The van der Waals surface area contributed by atoms with Gasteiger partial charge in [-0.2, -0.15) is 0 Å². The van der Waals surface area contributed by atoms with Crippen molar-refractivity contribution in [1.29, 1.82) is 0 Å². The van der Waals surface area contributed by atoms with Crippen LogP contribution in [0.2, 0.25) is 0 Å². The van der Waals surface area contributed by atoms with Crippen molar-refractivity contribution >= 4 is 6.03 Å². The molecule has 1 N–H and O–H groups in total. The molecule has 2 amide bonds. The Bertz CT molecular complexity index is 768. The van der Waals surface area contributed by atoms with Crippen molar-refractivity contribution in [2.24, 2.45) is 5.92 Å². The predicted octanol–water partition coefficient (Wildman–Crippen LogP) is 3.20. The van der Waals surface area contributed by atoms with Crippen LogP contribution in [0.5, 0.6) is 0 Å². The van der Waals surface area contributed by atoms with Crippen LogP contribution < -0.4 is 5.32 Å². The number of ether oxygens (including phenoxy) is 2. The maximum atomic E-state index is 13.4. The van der Waals surface area contributed by atoms with E-state index in [9.17, 15) is 4.79 Å². The number of nitrogens with one attached hydrogen (secondary N) is 1. The minimum absolute atomic E-state index is 0.0663. The number of benzene rings is 1. The van der Waals surface area contributed by atoms with E-state index in [1.54, 1.807) is 0 Å². The number of hydrogen-bond acceptors (Lipinski definition) is 5. The second kappa shape index (κ2) is 11.8. The molecule has 4 rings (SSSR count). The third-order valence-electron chi connectivity index (χ3n) is 7.72. The van der Waals surface area contributed by atoms with Crippen LogP contribution in [0.15, 0.2) is 30.3 Å². The first-order valence-corrected chi connectivity index (χ1v) is 13.2. The molecule has 3 fully saturated rings. The molecule has 1 aliphatic carbocycles. The Labute approximate surface area is 205 Å². The van der Waals surface area contributed by atoms with Gasteiger partial charge in [0.25, 0.3) is 0 Å². The Morgan fingerprint density at radius 1 is 1.15 bits per heavy atom. The zero-order chi connectivity index (χ0) is 24.0. The Morgan fingerprint density at radius 2 is 1.91 bits per heavy atom. The lowest BCUT2D eigenvalue weighted by molar-refractivity contribution is -0.201. The molecule has 1 spiro atoms. The summed E-state index contributed by atoms with van der Waals surface area (Å²) in [6, 6.07) is 11.2. The highest BCUT2D eigenvalue weighted by Gasteiger charge is 2.49. The highest BCUT2D eigenvalue weighted by atomic mass is 16.7. The van der Waals surface area contributed by atoms with Gasteiger partial charge in [-0.05, 0) is 57.8 Å². The molecule has 0 unspecified atom stereocenters. The number of piperidine rings is 1. The maximum absolute atomic E-state index is 13.4. The van der Waals surface area contributed by atoms with Crippen molar-refractivity contribution in [3.05, 3.63) is 35.9 Å². The van der Waals surface area contributed by atoms with Gasteiger partial charge in [0.2, 0.25) is 0 Å². The normalized spacial score (nSPS) is 26.5. The standard InChI is InChI=1S/C27H44N4O3/c1-4-13-31-21-24(19-23-20-27(12-10-25(23)31)33-17-18-34-27)28-26(32)30(16-15-29(2)3)14-11-22-8-6-5-7-9-22/h5-9,23-25H,4,10-21H2,1-3H3,(H,28,32)/t23-,24+,25-/m1/s1. The van der Waals surface area contributed by atoms with Crippen LogP contribution in [0.4, 0.5) is 4.79 Å². The van der Waals surface area contributed by atoms with Crippen LogP contribution in [0, 0.1) is 5.92 Å². The van der Waals surface area contributed by atoms with E-state index in [-0.39, 0.29) is 17.9 Å². The summed E-state index contributed by atoms with van der Waals surface area (Å²) in [6.45, 7) is 8.00. The molecule has 1 saturated carbocycles.